The number of anilines is 1. The molecule has 0 aliphatic rings. The maximum Gasteiger partial charge on any atom is 0.338 e. The van der Waals surface area contributed by atoms with Gasteiger partial charge in [0.2, 0.25) is 5.78 Å². The molecular formula is C20H25N3O6. The highest BCUT2D eigenvalue weighted by atomic mass is 16.5. The third-order valence-corrected chi connectivity index (χ3v) is 4.07. The molecule has 1 aromatic heterocycles. The Morgan fingerprint density at radius 1 is 1.17 bits per heavy atom. The molecule has 0 radical (unpaired) electrons. The fourth-order valence-electron chi connectivity index (χ4n) is 2.59. The maximum absolute atomic E-state index is 12.4. The standard InChI is InChI=1S/C20H25N3O6/c1-4-9-23-17(21)16(18(25)22-20(23)27)15(24)11-29-19(26)14-7-5-13(6-8-14)10-28-12(2)3/h5-8,12H,4,9-11,21H2,1-3H3,(H,22,25,27). The van der Waals surface area contributed by atoms with Gasteiger partial charge in [-0.05, 0) is 38.0 Å². The molecule has 0 aliphatic heterocycles. The molecule has 0 amide bonds. The fraction of sp³-hybridized carbons (Fsp3) is 0.400. The van der Waals surface area contributed by atoms with Crippen LogP contribution in [0.3, 0.4) is 0 Å². The second-order valence-corrected chi connectivity index (χ2v) is 6.73. The van der Waals surface area contributed by atoms with Crippen molar-refractivity contribution in [2.75, 3.05) is 12.3 Å². The number of nitrogens with zero attached hydrogens (tertiary/aromatic N) is 1. The Kier molecular flexibility index (Phi) is 7.49. The molecule has 0 bridgehead atoms. The zero-order chi connectivity index (χ0) is 21.6. The number of carbonyl (C=O) groups is 2. The quantitative estimate of drug-likeness (QED) is 0.479. The third kappa shape index (κ3) is 5.64. The van der Waals surface area contributed by atoms with Gasteiger partial charge >= 0.3 is 11.7 Å². The molecule has 0 aliphatic carbocycles. The van der Waals surface area contributed by atoms with E-state index in [-0.39, 0.29) is 24.0 Å². The number of carbonyl (C=O) groups excluding carboxylic acids is 2. The molecular weight excluding hydrogens is 378 g/mol. The van der Waals surface area contributed by atoms with E-state index in [0.717, 1.165) is 10.1 Å². The SMILES string of the molecule is CCCn1c(N)c(C(=O)COC(=O)c2ccc(COC(C)C)cc2)c(=O)[nH]c1=O. The number of nitrogens with two attached hydrogens (primary N) is 1. The predicted octanol–water partition coefficient (Wildman–Crippen LogP) is 1.49. The first-order chi connectivity index (χ1) is 13.7. The van der Waals surface area contributed by atoms with Crippen LogP contribution in [-0.2, 0) is 22.6 Å². The van der Waals surface area contributed by atoms with E-state index in [0.29, 0.717) is 13.0 Å². The van der Waals surface area contributed by atoms with Crippen molar-refractivity contribution >= 4 is 17.6 Å². The topological polar surface area (TPSA) is 133 Å². The van der Waals surface area contributed by atoms with Crippen LogP contribution in [0.5, 0.6) is 0 Å². The molecule has 0 fully saturated rings. The van der Waals surface area contributed by atoms with Crippen molar-refractivity contribution in [2.24, 2.45) is 0 Å². The summed E-state index contributed by atoms with van der Waals surface area (Å²) in [7, 11) is 0. The van der Waals surface area contributed by atoms with E-state index < -0.39 is 35.2 Å². The molecule has 156 valence electrons. The summed E-state index contributed by atoms with van der Waals surface area (Å²) in [6.07, 6.45) is 0.671. The summed E-state index contributed by atoms with van der Waals surface area (Å²) in [5.74, 6) is -1.74. The van der Waals surface area contributed by atoms with Gasteiger partial charge in [0.1, 0.15) is 11.4 Å². The summed E-state index contributed by atoms with van der Waals surface area (Å²) in [6, 6.07) is 6.58. The van der Waals surface area contributed by atoms with Crippen LogP contribution in [0.25, 0.3) is 0 Å². The number of nitrogen functional groups attached to an aromatic ring is 1. The van der Waals surface area contributed by atoms with Crippen molar-refractivity contribution in [1.82, 2.24) is 9.55 Å². The fourth-order valence-corrected chi connectivity index (χ4v) is 2.59. The predicted molar refractivity (Wildman–Crippen MR) is 107 cm³/mol. The summed E-state index contributed by atoms with van der Waals surface area (Å²) >= 11 is 0. The summed E-state index contributed by atoms with van der Waals surface area (Å²) in [5, 5.41) is 0. The van der Waals surface area contributed by atoms with Gasteiger partial charge in [-0.2, -0.15) is 0 Å². The van der Waals surface area contributed by atoms with E-state index in [1.54, 1.807) is 24.3 Å². The van der Waals surface area contributed by atoms with Crippen molar-refractivity contribution in [3.8, 4) is 0 Å². The zero-order valence-corrected chi connectivity index (χ0v) is 16.7. The maximum atomic E-state index is 12.4. The molecule has 2 aromatic rings. The minimum Gasteiger partial charge on any atom is -0.454 e. The van der Waals surface area contributed by atoms with E-state index in [9.17, 15) is 19.2 Å². The third-order valence-electron chi connectivity index (χ3n) is 4.07. The van der Waals surface area contributed by atoms with E-state index >= 15 is 0 Å². The number of H-pyrrole nitrogens is 1. The largest absolute Gasteiger partial charge is 0.454 e. The van der Waals surface area contributed by atoms with Crippen LogP contribution in [0.1, 0.15) is 53.5 Å². The van der Waals surface area contributed by atoms with Gasteiger partial charge in [-0.25, -0.2) is 9.59 Å². The molecule has 0 saturated heterocycles. The molecule has 0 spiro atoms. The Hall–Kier alpha value is -3.20. The lowest BCUT2D eigenvalue weighted by atomic mass is 10.1. The molecule has 0 atom stereocenters. The number of hydrogen-bond acceptors (Lipinski definition) is 7. The highest BCUT2D eigenvalue weighted by Gasteiger charge is 2.21. The Balaban J connectivity index is 2.07. The van der Waals surface area contributed by atoms with Crippen LogP contribution in [0.4, 0.5) is 5.82 Å². The van der Waals surface area contributed by atoms with Crippen molar-refractivity contribution in [2.45, 2.75) is 46.4 Å². The summed E-state index contributed by atoms with van der Waals surface area (Å²) in [4.78, 5) is 50.4. The molecule has 0 saturated carbocycles. The van der Waals surface area contributed by atoms with Gasteiger partial charge in [-0.3, -0.25) is 19.1 Å². The molecule has 1 heterocycles. The number of ether oxygens (including phenoxy) is 2. The monoisotopic (exact) mass is 403 g/mol. The van der Waals surface area contributed by atoms with Crippen LogP contribution < -0.4 is 17.0 Å². The lowest BCUT2D eigenvalue weighted by molar-refractivity contribution is 0.0473. The van der Waals surface area contributed by atoms with Crippen LogP contribution in [0.15, 0.2) is 33.9 Å². The molecule has 2 rings (SSSR count). The van der Waals surface area contributed by atoms with Gasteiger partial charge in [0, 0.05) is 6.54 Å². The molecule has 0 unspecified atom stereocenters. The van der Waals surface area contributed by atoms with Crippen LogP contribution >= 0.6 is 0 Å². The zero-order valence-electron chi connectivity index (χ0n) is 16.7. The van der Waals surface area contributed by atoms with Crippen LogP contribution in [0.2, 0.25) is 0 Å². The van der Waals surface area contributed by atoms with Crippen molar-refractivity contribution in [1.29, 1.82) is 0 Å². The molecule has 9 nitrogen and oxygen atoms in total. The van der Waals surface area contributed by atoms with Gasteiger partial charge in [0.05, 0.1) is 18.3 Å². The van der Waals surface area contributed by atoms with Crippen LogP contribution in [0, 0.1) is 0 Å². The lowest BCUT2D eigenvalue weighted by Gasteiger charge is -2.11. The average molecular weight is 403 g/mol. The lowest BCUT2D eigenvalue weighted by Crippen LogP contribution is -2.37. The minimum absolute atomic E-state index is 0.0907. The van der Waals surface area contributed by atoms with E-state index in [1.807, 2.05) is 20.8 Å². The van der Waals surface area contributed by atoms with Gasteiger partial charge in [0.15, 0.2) is 6.61 Å². The van der Waals surface area contributed by atoms with Gasteiger partial charge in [-0.15, -0.1) is 0 Å². The number of esters is 1. The van der Waals surface area contributed by atoms with E-state index in [1.165, 1.54) is 0 Å². The second-order valence-electron chi connectivity index (χ2n) is 6.73. The van der Waals surface area contributed by atoms with E-state index in [2.05, 4.69) is 4.98 Å². The Bertz CT molecular complexity index is 989. The Morgan fingerprint density at radius 2 is 1.83 bits per heavy atom. The van der Waals surface area contributed by atoms with Crippen molar-refractivity contribution < 1.29 is 19.1 Å². The first kappa shape index (κ1) is 22.1. The number of benzene rings is 1. The number of rotatable bonds is 9. The second kappa shape index (κ2) is 9.83. The van der Waals surface area contributed by atoms with Crippen LogP contribution in [-0.4, -0.2) is 34.0 Å². The van der Waals surface area contributed by atoms with E-state index in [4.69, 9.17) is 15.2 Å². The number of aromatic nitrogens is 2. The number of hydrogen-bond donors (Lipinski definition) is 2. The van der Waals surface area contributed by atoms with Crippen molar-refractivity contribution in [3.63, 3.8) is 0 Å². The highest BCUT2D eigenvalue weighted by molar-refractivity contribution is 6.02. The van der Waals surface area contributed by atoms with Gasteiger partial charge < -0.3 is 15.2 Å². The molecule has 3 N–H and O–H groups in total. The van der Waals surface area contributed by atoms with Crippen molar-refractivity contribution in [3.05, 3.63) is 61.8 Å². The average Bonchev–Trinajstić information content (AvgIpc) is 2.68. The highest BCUT2D eigenvalue weighted by Crippen LogP contribution is 2.10. The molecule has 29 heavy (non-hydrogen) atoms. The Labute approximate surface area is 167 Å². The molecule has 1 aromatic carbocycles. The number of aromatic amines is 1. The summed E-state index contributed by atoms with van der Waals surface area (Å²) in [6.45, 7) is 5.66. The number of ketones is 1. The van der Waals surface area contributed by atoms with Gasteiger partial charge in [-0.1, -0.05) is 19.1 Å². The number of nitrogens with one attached hydrogen (secondary N) is 1. The number of Topliss-reactive ketones (excluding diaryl/α,β-unsaturated/α-hetero) is 1. The normalized spacial score (nSPS) is 10.9. The molecule has 9 heteroatoms. The Morgan fingerprint density at radius 3 is 2.41 bits per heavy atom. The minimum atomic E-state index is -0.907. The first-order valence-corrected chi connectivity index (χ1v) is 9.28. The smallest absolute Gasteiger partial charge is 0.338 e. The summed E-state index contributed by atoms with van der Waals surface area (Å²) in [5.41, 5.74) is 4.98. The van der Waals surface area contributed by atoms with Gasteiger partial charge in [0.25, 0.3) is 5.56 Å². The summed E-state index contributed by atoms with van der Waals surface area (Å²) < 4.78 is 11.6. The first-order valence-electron chi connectivity index (χ1n) is 9.28.